The van der Waals surface area contributed by atoms with E-state index in [9.17, 15) is 0 Å². The molecule has 3 rings (SSSR count). The number of nitrogens with one attached hydrogen (secondary N) is 2. The van der Waals surface area contributed by atoms with Gasteiger partial charge in [0, 0.05) is 25.1 Å². The Kier molecular flexibility index (Phi) is 3.52. The van der Waals surface area contributed by atoms with Crippen molar-refractivity contribution in [3.05, 3.63) is 10.9 Å². The zero-order valence-electron chi connectivity index (χ0n) is 11.2. The van der Waals surface area contributed by atoms with Gasteiger partial charge >= 0.3 is 0 Å². The van der Waals surface area contributed by atoms with E-state index in [0.717, 1.165) is 42.0 Å². The highest BCUT2D eigenvalue weighted by molar-refractivity contribution is 7.18. The molecule has 0 amide bonds. The summed E-state index contributed by atoms with van der Waals surface area (Å²) in [7, 11) is 1.84. The summed E-state index contributed by atoms with van der Waals surface area (Å²) in [5.41, 5.74) is 0. The van der Waals surface area contributed by atoms with E-state index in [1.807, 2.05) is 7.05 Å². The molecule has 1 aliphatic heterocycles. The van der Waals surface area contributed by atoms with Gasteiger partial charge in [0.1, 0.15) is 10.6 Å². The zero-order chi connectivity index (χ0) is 13.2. The number of ether oxygens (including phenoxy) is 1. The molecule has 1 fully saturated rings. The van der Waals surface area contributed by atoms with E-state index in [1.165, 1.54) is 4.88 Å². The van der Waals surface area contributed by atoms with E-state index >= 15 is 0 Å². The summed E-state index contributed by atoms with van der Waals surface area (Å²) in [5.74, 6) is 1.55. The van der Waals surface area contributed by atoms with Crippen LogP contribution in [-0.4, -0.2) is 36.3 Å². The van der Waals surface area contributed by atoms with Gasteiger partial charge in [0.15, 0.2) is 0 Å². The van der Waals surface area contributed by atoms with Crippen LogP contribution in [0.3, 0.4) is 0 Å². The lowest BCUT2D eigenvalue weighted by Gasteiger charge is -2.12. The maximum Gasteiger partial charge on any atom is 0.225 e. The Hall–Kier alpha value is -1.40. The molecule has 2 aromatic rings. The average Bonchev–Trinajstić information content (AvgIpc) is 3.03. The number of aromatic nitrogens is 2. The normalized spacial score (nSPS) is 18.9. The monoisotopic (exact) mass is 278 g/mol. The molecule has 0 spiro atoms. The molecule has 0 aromatic carbocycles. The lowest BCUT2D eigenvalue weighted by Crippen LogP contribution is -2.19. The van der Waals surface area contributed by atoms with Crippen LogP contribution >= 0.6 is 11.3 Å². The number of hydrogen-bond donors (Lipinski definition) is 2. The highest BCUT2D eigenvalue weighted by atomic mass is 32.1. The van der Waals surface area contributed by atoms with Crippen molar-refractivity contribution in [3.8, 4) is 0 Å². The second-order valence-electron chi connectivity index (χ2n) is 4.74. The SMILES string of the molecule is CNc1nc(NCC2CCCO2)c2cc(C)sc2n1. The number of anilines is 2. The van der Waals surface area contributed by atoms with Gasteiger partial charge in [-0.1, -0.05) is 0 Å². The van der Waals surface area contributed by atoms with E-state index in [-0.39, 0.29) is 0 Å². The molecule has 2 N–H and O–H groups in total. The summed E-state index contributed by atoms with van der Waals surface area (Å²) in [6.45, 7) is 3.78. The van der Waals surface area contributed by atoms with Crippen LogP contribution in [0.2, 0.25) is 0 Å². The Morgan fingerprint density at radius 3 is 3.11 bits per heavy atom. The first-order chi connectivity index (χ1) is 9.26. The lowest BCUT2D eigenvalue weighted by atomic mass is 10.2. The first-order valence-corrected chi connectivity index (χ1v) is 7.39. The molecule has 102 valence electrons. The van der Waals surface area contributed by atoms with Crippen molar-refractivity contribution in [1.82, 2.24) is 9.97 Å². The molecule has 19 heavy (non-hydrogen) atoms. The van der Waals surface area contributed by atoms with Gasteiger partial charge in [-0.25, -0.2) is 4.98 Å². The van der Waals surface area contributed by atoms with Crippen molar-refractivity contribution in [3.63, 3.8) is 0 Å². The lowest BCUT2D eigenvalue weighted by molar-refractivity contribution is 0.120. The molecular weight excluding hydrogens is 260 g/mol. The van der Waals surface area contributed by atoms with E-state index in [0.29, 0.717) is 12.1 Å². The average molecular weight is 278 g/mol. The number of fused-ring (bicyclic) bond motifs is 1. The molecule has 0 saturated carbocycles. The molecule has 1 aliphatic rings. The molecular formula is C13H18N4OS. The Bertz CT molecular complexity index is 577. The van der Waals surface area contributed by atoms with Gasteiger partial charge in [-0.05, 0) is 25.8 Å². The maximum atomic E-state index is 5.63. The Labute approximate surface area is 116 Å². The molecule has 0 bridgehead atoms. The van der Waals surface area contributed by atoms with Crippen LogP contribution in [-0.2, 0) is 4.74 Å². The minimum Gasteiger partial charge on any atom is -0.376 e. The van der Waals surface area contributed by atoms with Crippen LogP contribution in [0.5, 0.6) is 0 Å². The second-order valence-corrected chi connectivity index (χ2v) is 5.97. The topological polar surface area (TPSA) is 59.1 Å². The van der Waals surface area contributed by atoms with E-state index in [1.54, 1.807) is 11.3 Å². The number of aryl methyl sites for hydroxylation is 1. The predicted octanol–water partition coefficient (Wildman–Crippen LogP) is 2.63. The van der Waals surface area contributed by atoms with Gasteiger partial charge in [-0.2, -0.15) is 4.98 Å². The Balaban J connectivity index is 1.86. The van der Waals surface area contributed by atoms with Crippen LogP contribution < -0.4 is 10.6 Å². The summed E-state index contributed by atoms with van der Waals surface area (Å²) < 4.78 is 5.63. The Morgan fingerprint density at radius 2 is 2.37 bits per heavy atom. The van der Waals surface area contributed by atoms with E-state index < -0.39 is 0 Å². The van der Waals surface area contributed by atoms with Crippen LogP contribution in [0.1, 0.15) is 17.7 Å². The third-order valence-electron chi connectivity index (χ3n) is 3.26. The Morgan fingerprint density at radius 1 is 1.47 bits per heavy atom. The van der Waals surface area contributed by atoms with Gasteiger partial charge in [-0.3, -0.25) is 0 Å². The molecule has 0 radical (unpaired) electrons. The molecule has 1 saturated heterocycles. The third kappa shape index (κ3) is 2.64. The largest absolute Gasteiger partial charge is 0.376 e. The maximum absolute atomic E-state index is 5.63. The number of hydrogen-bond acceptors (Lipinski definition) is 6. The van der Waals surface area contributed by atoms with Gasteiger partial charge < -0.3 is 15.4 Å². The van der Waals surface area contributed by atoms with Crippen LogP contribution in [0.4, 0.5) is 11.8 Å². The van der Waals surface area contributed by atoms with Gasteiger partial charge in [0.25, 0.3) is 0 Å². The number of rotatable bonds is 4. The summed E-state index contributed by atoms with van der Waals surface area (Å²) in [6.07, 6.45) is 2.59. The number of thiophene rings is 1. The highest BCUT2D eigenvalue weighted by Gasteiger charge is 2.16. The summed E-state index contributed by atoms with van der Waals surface area (Å²) in [5, 5.41) is 7.51. The molecule has 5 nitrogen and oxygen atoms in total. The fraction of sp³-hybridized carbons (Fsp3) is 0.538. The summed E-state index contributed by atoms with van der Waals surface area (Å²) in [6, 6.07) is 2.14. The van der Waals surface area contributed by atoms with Gasteiger partial charge in [0.05, 0.1) is 11.5 Å². The predicted molar refractivity (Wildman–Crippen MR) is 79.2 cm³/mol. The van der Waals surface area contributed by atoms with Crippen LogP contribution in [0.15, 0.2) is 6.07 Å². The molecule has 1 atom stereocenters. The van der Waals surface area contributed by atoms with Gasteiger partial charge in [0.2, 0.25) is 5.95 Å². The first kappa shape index (κ1) is 12.6. The quantitative estimate of drug-likeness (QED) is 0.900. The van der Waals surface area contributed by atoms with E-state index in [4.69, 9.17) is 4.74 Å². The third-order valence-corrected chi connectivity index (χ3v) is 4.21. The smallest absolute Gasteiger partial charge is 0.225 e. The van der Waals surface area contributed by atoms with Crippen molar-refractivity contribution >= 4 is 33.3 Å². The van der Waals surface area contributed by atoms with Crippen molar-refractivity contribution in [2.75, 3.05) is 30.8 Å². The molecule has 6 heteroatoms. The number of nitrogens with zero attached hydrogens (tertiary/aromatic N) is 2. The summed E-state index contributed by atoms with van der Waals surface area (Å²) >= 11 is 1.69. The molecule has 1 unspecified atom stereocenters. The first-order valence-electron chi connectivity index (χ1n) is 6.57. The summed E-state index contributed by atoms with van der Waals surface area (Å²) in [4.78, 5) is 11.3. The van der Waals surface area contributed by atoms with Crippen molar-refractivity contribution < 1.29 is 4.74 Å². The van der Waals surface area contributed by atoms with Gasteiger partial charge in [-0.15, -0.1) is 11.3 Å². The van der Waals surface area contributed by atoms with Crippen molar-refractivity contribution in [2.45, 2.75) is 25.9 Å². The standard InChI is InChI=1S/C13H18N4OS/c1-8-6-10-11(15-7-9-4-3-5-18-9)16-13(14-2)17-12(10)19-8/h6,9H,3-5,7H2,1-2H3,(H2,14,15,16,17). The fourth-order valence-corrected chi connectivity index (χ4v) is 3.18. The zero-order valence-corrected chi connectivity index (χ0v) is 12.0. The minimum absolute atomic E-state index is 0.308. The highest BCUT2D eigenvalue weighted by Crippen LogP contribution is 2.29. The van der Waals surface area contributed by atoms with Crippen LogP contribution in [0, 0.1) is 6.92 Å². The fourth-order valence-electron chi connectivity index (χ4n) is 2.30. The molecule has 3 heterocycles. The minimum atomic E-state index is 0.308. The van der Waals surface area contributed by atoms with Crippen molar-refractivity contribution in [1.29, 1.82) is 0 Å². The van der Waals surface area contributed by atoms with E-state index in [2.05, 4.69) is 33.6 Å². The molecule has 2 aromatic heterocycles. The van der Waals surface area contributed by atoms with Crippen LogP contribution in [0.25, 0.3) is 10.2 Å². The molecule has 0 aliphatic carbocycles. The second kappa shape index (κ2) is 5.30. The van der Waals surface area contributed by atoms with Crippen molar-refractivity contribution in [2.24, 2.45) is 0 Å².